The predicted molar refractivity (Wildman–Crippen MR) is 79.4 cm³/mol. The third-order valence-electron chi connectivity index (χ3n) is 3.12. The molecule has 96 valence electrons. The first-order chi connectivity index (χ1) is 9.20. The van der Waals surface area contributed by atoms with Gasteiger partial charge in [0.1, 0.15) is 0 Å². The van der Waals surface area contributed by atoms with Crippen molar-refractivity contribution < 1.29 is 40.5 Å². The zero-order valence-corrected chi connectivity index (χ0v) is 14.8. The number of fused-ring (bicyclic) bond motifs is 3. The van der Waals surface area contributed by atoms with Gasteiger partial charge in [-0.1, -0.05) is 22.0 Å². The molecule has 0 unspecified atom stereocenters. The zero-order chi connectivity index (χ0) is 13.4. The van der Waals surface area contributed by atoms with Crippen molar-refractivity contribution in [2.24, 2.45) is 0 Å². The van der Waals surface area contributed by atoms with E-state index in [9.17, 15) is 4.79 Å². The molecule has 0 atom stereocenters. The Morgan fingerprint density at radius 1 is 1.20 bits per heavy atom. The Morgan fingerprint density at radius 2 is 2.00 bits per heavy atom. The summed E-state index contributed by atoms with van der Waals surface area (Å²) in [5, 5.41) is 4.21. The minimum atomic E-state index is -0.329. The quantitative estimate of drug-likeness (QED) is 0.378. The number of rotatable bonds is 1. The maximum atomic E-state index is 11.6. The van der Waals surface area contributed by atoms with Crippen LogP contribution in [-0.4, -0.2) is 18.1 Å². The van der Waals surface area contributed by atoms with Gasteiger partial charge in [0.15, 0.2) is 0 Å². The summed E-state index contributed by atoms with van der Waals surface area (Å²) in [5.74, 6) is -0.329. The van der Waals surface area contributed by atoms with Crippen LogP contribution >= 0.6 is 15.9 Å². The van der Waals surface area contributed by atoms with Crippen LogP contribution in [0, 0.1) is 0 Å². The molecule has 0 amide bonds. The van der Waals surface area contributed by atoms with Gasteiger partial charge in [0.05, 0.1) is 12.7 Å². The molecule has 3 rings (SSSR count). The van der Waals surface area contributed by atoms with E-state index in [0.29, 0.717) is 5.56 Å². The van der Waals surface area contributed by atoms with Crippen LogP contribution in [0.2, 0.25) is 0 Å². The van der Waals surface area contributed by atoms with Gasteiger partial charge in [0, 0.05) is 22.3 Å². The monoisotopic (exact) mass is 339 g/mol. The molecule has 3 aromatic rings. The Hall–Kier alpha value is -0.940. The van der Waals surface area contributed by atoms with Crippen LogP contribution in [-0.2, 0) is 4.74 Å². The molecule has 1 heterocycles. The van der Waals surface area contributed by atoms with E-state index in [1.54, 1.807) is 12.3 Å². The van der Waals surface area contributed by atoms with Gasteiger partial charge in [0.25, 0.3) is 0 Å². The third-order valence-corrected chi connectivity index (χ3v) is 3.78. The molecule has 0 aliphatic carbocycles. The molecule has 5 heteroatoms. The summed E-state index contributed by atoms with van der Waals surface area (Å²) < 4.78 is 5.73. The van der Waals surface area contributed by atoms with Gasteiger partial charge in [-0.3, -0.25) is 4.98 Å². The van der Waals surface area contributed by atoms with E-state index in [2.05, 4.69) is 20.9 Å². The molecule has 0 N–H and O–H groups in total. The van der Waals surface area contributed by atoms with Crippen LogP contribution in [0.4, 0.5) is 0 Å². The van der Waals surface area contributed by atoms with E-state index in [0.717, 1.165) is 26.0 Å². The van der Waals surface area contributed by atoms with Gasteiger partial charge < -0.3 is 6.16 Å². The largest absolute Gasteiger partial charge is 1.00 e. The molecule has 0 aliphatic heterocycles. The smallest absolute Gasteiger partial charge is 1.00 e. The van der Waals surface area contributed by atoms with Crippen molar-refractivity contribution in [3.63, 3.8) is 0 Å². The van der Waals surface area contributed by atoms with E-state index in [-0.39, 0.29) is 37.0 Å². The second-order valence-corrected chi connectivity index (χ2v) is 5.06. The molecule has 20 heavy (non-hydrogen) atoms. The Balaban J connectivity index is 0.00000110. The number of nitrogens with zero attached hydrogens (tertiary/aromatic N) is 1. The first-order valence-electron chi connectivity index (χ1n) is 5.75. The number of esters is 1. The SMILES string of the molecule is COC(=O)c1ccc2c(c1)cc(Br)c1ccncc12.[H-].[Na+]. The number of ether oxygens (including phenoxy) is 1. The van der Waals surface area contributed by atoms with Gasteiger partial charge in [-0.25, -0.2) is 4.79 Å². The standard InChI is InChI=1S/C15H10BrNO2.Na.H/c1-19-15(18)9-2-3-11-10(6-9)7-14(16)12-4-5-17-8-13(11)12;;/h2-8H,1H3;;/q;+1;-1. The molecule has 0 fully saturated rings. The van der Waals surface area contributed by atoms with E-state index in [4.69, 9.17) is 4.74 Å². The first-order valence-corrected chi connectivity index (χ1v) is 6.54. The molecule has 1 aromatic heterocycles. The number of benzene rings is 2. The molecule has 0 spiro atoms. The number of pyridine rings is 1. The Bertz CT molecular complexity index is 810. The van der Waals surface area contributed by atoms with E-state index < -0.39 is 0 Å². The fourth-order valence-electron chi connectivity index (χ4n) is 2.20. The summed E-state index contributed by atoms with van der Waals surface area (Å²) in [5.41, 5.74) is 0.546. The fraction of sp³-hybridized carbons (Fsp3) is 0.0667. The number of hydrogen-bond donors (Lipinski definition) is 0. The van der Waals surface area contributed by atoms with Crippen molar-refractivity contribution in [3.8, 4) is 0 Å². The van der Waals surface area contributed by atoms with E-state index in [1.807, 2.05) is 30.5 Å². The number of carbonyl (C=O) groups is 1. The molecule has 0 aliphatic rings. The first kappa shape index (κ1) is 15.4. The average molecular weight is 340 g/mol. The number of halogens is 1. The molecule has 3 nitrogen and oxygen atoms in total. The maximum absolute atomic E-state index is 11.6. The van der Waals surface area contributed by atoms with Crippen LogP contribution in [0.3, 0.4) is 0 Å². The second-order valence-electron chi connectivity index (χ2n) is 4.21. The van der Waals surface area contributed by atoms with Gasteiger partial charge >= 0.3 is 35.5 Å². The summed E-state index contributed by atoms with van der Waals surface area (Å²) in [6.45, 7) is 0. The number of methoxy groups -OCH3 is 1. The zero-order valence-electron chi connectivity index (χ0n) is 12.2. The molecule has 0 saturated heterocycles. The minimum Gasteiger partial charge on any atom is -1.00 e. The second kappa shape index (κ2) is 6.22. The van der Waals surface area contributed by atoms with Crippen LogP contribution in [0.25, 0.3) is 21.5 Å². The molecule has 2 aromatic carbocycles. The number of hydrogen-bond acceptors (Lipinski definition) is 3. The van der Waals surface area contributed by atoms with Crippen LogP contribution in [0.1, 0.15) is 11.8 Å². The van der Waals surface area contributed by atoms with E-state index in [1.165, 1.54) is 7.11 Å². The molecular formula is C15H11BrNNaO2. The number of aromatic nitrogens is 1. The minimum absolute atomic E-state index is 0. The van der Waals surface area contributed by atoms with Crippen molar-refractivity contribution in [3.05, 3.63) is 52.8 Å². The van der Waals surface area contributed by atoms with Crippen LogP contribution in [0.15, 0.2) is 47.2 Å². The number of carbonyl (C=O) groups excluding carboxylic acids is 1. The van der Waals surface area contributed by atoms with Gasteiger partial charge in [0.2, 0.25) is 0 Å². The van der Waals surface area contributed by atoms with Crippen LogP contribution in [0.5, 0.6) is 0 Å². The van der Waals surface area contributed by atoms with Crippen molar-refractivity contribution >= 4 is 43.4 Å². The maximum Gasteiger partial charge on any atom is 1.00 e. The van der Waals surface area contributed by atoms with Gasteiger partial charge in [-0.15, -0.1) is 0 Å². The van der Waals surface area contributed by atoms with Crippen molar-refractivity contribution in [1.29, 1.82) is 0 Å². The fourth-order valence-corrected chi connectivity index (χ4v) is 2.80. The normalized spacial score (nSPS) is 10.3. The van der Waals surface area contributed by atoms with Gasteiger partial charge in [-0.2, -0.15) is 0 Å². The molecule has 0 bridgehead atoms. The summed E-state index contributed by atoms with van der Waals surface area (Å²) in [4.78, 5) is 15.7. The van der Waals surface area contributed by atoms with Crippen molar-refractivity contribution in [2.75, 3.05) is 7.11 Å². The van der Waals surface area contributed by atoms with Crippen molar-refractivity contribution in [1.82, 2.24) is 4.98 Å². The Morgan fingerprint density at radius 3 is 2.75 bits per heavy atom. The molecule has 0 saturated carbocycles. The third kappa shape index (κ3) is 2.61. The summed E-state index contributed by atoms with van der Waals surface area (Å²) in [6, 6.07) is 9.50. The topological polar surface area (TPSA) is 39.2 Å². The Labute approximate surface area is 148 Å². The summed E-state index contributed by atoms with van der Waals surface area (Å²) >= 11 is 3.55. The van der Waals surface area contributed by atoms with E-state index >= 15 is 0 Å². The average Bonchev–Trinajstić information content (AvgIpc) is 2.46. The molecule has 0 radical (unpaired) electrons. The van der Waals surface area contributed by atoms with Crippen LogP contribution < -0.4 is 29.6 Å². The Kier molecular flexibility index (Phi) is 4.81. The van der Waals surface area contributed by atoms with Crippen molar-refractivity contribution in [2.45, 2.75) is 0 Å². The predicted octanol–water partition coefficient (Wildman–Crippen LogP) is 1.05. The summed E-state index contributed by atoms with van der Waals surface area (Å²) in [7, 11) is 1.38. The summed E-state index contributed by atoms with van der Waals surface area (Å²) in [6.07, 6.45) is 3.60. The van der Waals surface area contributed by atoms with Gasteiger partial charge in [-0.05, 0) is 40.4 Å². The molecular weight excluding hydrogens is 329 g/mol.